The summed E-state index contributed by atoms with van der Waals surface area (Å²) in [6.45, 7) is 2.67. The fourth-order valence-electron chi connectivity index (χ4n) is 1.67. The Kier molecular flexibility index (Phi) is 10.2. The first-order valence-corrected chi connectivity index (χ1v) is 11.5. The number of carboxylic acid groups (broad SMARTS) is 2. The van der Waals surface area contributed by atoms with Gasteiger partial charge in [-0.25, -0.2) is 21.6 Å². The molecule has 1 heterocycles. The number of carbonyl (C=O) groups is 2. The van der Waals surface area contributed by atoms with Gasteiger partial charge >= 0.3 is 11.9 Å². The molecule has 1 rings (SSSR count). The highest BCUT2D eigenvalue weighted by Gasteiger charge is 2.25. The van der Waals surface area contributed by atoms with Gasteiger partial charge in [-0.15, -0.1) is 0 Å². The van der Waals surface area contributed by atoms with Crippen LogP contribution in [0.5, 0.6) is 0 Å². The van der Waals surface area contributed by atoms with Gasteiger partial charge < -0.3 is 15.5 Å². The number of sulfone groups is 1. The molecule has 4 N–H and O–H groups in total. The van der Waals surface area contributed by atoms with Crippen molar-refractivity contribution in [1.29, 1.82) is 0 Å². The minimum Gasteiger partial charge on any atom is -0.480 e. The van der Waals surface area contributed by atoms with E-state index < -0.39 is 37.8 Å². The van der Waals surface area contributed by atoms with Gasteiger partial charge in [0.2, 0.25) is 10.0 Å². The maximum Gasteiger partial charge on any atom is 0.321 e. The Morgan fingerprint density at radius 1 is 1.20 bits per heavy atom. The molecule has 0 spiro atoms. The van der Waals surface area contributed by atoms with Crippen molar-refractivity contribution in [2.45, 2.75) is 44.7 Å². The molecule has 1 saturated heterocycles. The molecule has 1 unspecified atom stereocenters. The van der Waals surface area contributed by atoms with Crippen LogP contribution in [0.2, 0.25) is 0 Å². The number of sulfonamides is 1. The zero-order chi connectivity index (χ0) is 19.7. The van der Waals surface area contributed by atoms with Gasteiger partial charge in [-0.2, -0.15) is 0 Å². The summed E-state index contributed by atoms with van der Waals surface area (Å²) in [4.78, 5) is 20.8. The molecular weight excluding hydrogens is 376 g/mol. The van der Waals surface area contributed by atoms with Crippen molar-refractivity contribution in [2.75, 3.05) is 24.3 Å². The molecule has 0 amide bonds. The standard InChI is InChI=1S/C9H19NO6S2.C4H7NO2/c1-3-4-6-18(15,16)10-8(9(11)12)5-7-17(2,13)14;6-4(7)3-1-2-5-3/h8,10H,3-7H2,1-2H3,(H,11,12);3,5H,1-2H2,(H,6,7)/t8-;/m0./s1. The molecule has 148 valence electrons. The minimum atomic E-state index is -3.68. The molecule has 10 nitrogen and oxygen atoms in total. The van der Waals surface area contributed by atoms with Crippen LogP contribution in [0.25, 0.3) is 0 Å². The van der Waals surface area contributed by atoms with Crippen molar-refractivity contribution in [2.24, 2.45) is 0 Å². The summed E-state index contributed by atoms with van der Waals surface area (Å²) in [5.41, 5.74) is 0. The SMILES string of the molecule is CCCCS(=O)(=O)N[C@@H](CCS(C)(=O)=O)C(=O)O.O=C(O)C1CCN1. The number of carboxylic acids is 2. The molecule has 0 aromatic carbocycles. The lowest BCUT2D eigenvalue weighted by atomic mass is 10.1. The third kappa shape index (κ3) is 11.9. The Morgan fingerprint density at radius 2 is 1.76 bits per heavy atom. The van der Waals surface area contributed by atoms with Crippen LogP contribution in [0.15, 0.2) is 0 Å². The average molecular weight is 402 g/mol. The van der Waals surface area contributed by atoms with Crippen LogP contribution in [-0.2, 0) is 29.4 Å². The smallest absolute Gasteiger partial charge is 0.321 e. The van der Waals surface area contributed by atoms with Crippen LogP contribution in [0, 0.1) is 0 Å². The Morgan fingerprint density at radius 3 is 2.04 bits per heavy atom. The number of unbranched alkanes of at least 4 members (excludes halogenated alkanes) is 1. The quantitative estimate of drug-likeness (QED) is 0.359. The molecule has 25 heavy (non-hydrogen) atoms. The summed E-state index contributed by atoms with van der Waals surface area (Å²) in [5, 5.41) is 19.8. The monoisotopic (exact) mass is 402 g/mol. The first-order valence-electron chi connectivity index (χ1n) is 7.74. The Hall–Kier alpha value is -1.24. The van der Waals surface area contributed by atoms with E-state index in [1.54, 1.807) is 0 Å². The zero-order valence-electron chi connectivity index (χ0n) is 14.3. The Bertz CT molecular complexity index is 641. The van der Waals surface area contributed by atoms with Crippen LogP contribution < -0.4 is 10.0 Å². The molecule has 12 heteroatoms. The third-order valence-electron chi connectivity index (χ3n) is 3.29. The van der Waals surface area contributed by atoms with Gasteiger partial charge in [0, 0.05) is 6.26 Å². The predicted octanol–water partition coefficient (Wildman–Crippen LogP) is -0.973. The van der Waals surface area contributed by atoms with E-state index in [4.69, 9.17) is 10.2 Å². The fourth-order valence-corrected chi connectivity index (χ4v) is 3.78. The van der Waals surface area contributed by atoms with E-state index in [1.165, 1.54) is 0 Å². The largest absolute Gasteiger partial charge is 0.480 e. The highest BCUT2D eigenvalue weighted by molar-refractivity contribution is 7.90. The summed E-state index contributed by atoms with van der Waals surface area (Å²) >= 11 is 0. The van der Waals surface area contributed by atoms with E-state index in [1.807, 2.05) is 11.6 Å². The van der Waals surface area contributed by atoms with E-state index in [2.05, 4.69) is 5.32 Å². The summed E-state index contributed by atoms with van der Waals surface area (Å²) in [7, 11) is -7.00. The second-order valence-electron chi connectivity index (χ2n) is 5.73. The number of hydrogen-bond donors (Lipinski definition) is 4. The van der Waals surface area contributed by atoms with E-state index in [0.29, 0.717) is 12.8 Å². The van der Waals surface area contributed by atoms with Gasteiger partial charge in [0.25, 0.3) is 0 Å². The van der Waals surface area contributed by atoms with Crippen LogP contribution in [0.3, 0.4) is 0 Å². The van der Waals surface area contributed by atoms with Crippen molar-refractivity contribution >= 4 is 31.8 Å². The third-order valence-corrected chi connectivity index (χ3v) is 5.73. The van der Waals surface area contributed by atoms with Crippen molar-refractivity contribution in [3.05, 3.63) is 0 Å². The summed E-state index contributed by atoms with van der Waals surface area (Å²) in [5.74, 6) is -2.64. The molecular formula is C13H26N2O8S2. The second-order valence-corrected chi connectivity index (χ2v) is 9.87. The lowest BCUT2D eigenvalue weighted by Crippen LogP contribution is -2.48. The van der Waals surface area contributed by atoms with Crippen LogP contribution >= 0.6 is 0 Å². The molecule has 0 radical (unpaired) electrons. The number of rotatable bonds is 10. The lowest BCUT2D eigenvalue weighted by molar-refractivity contribution is -0.141. The lowest BCUT2D eigenvalue weighted by Gasteiger charge is -2.22. The second kappa shape index (κ2) is 10.7. The van der Waals surface area contributed by atoms with Crippen molar-refractivity contribution in [3.63, 3.8) is 0 Å². The molecule has 1 aliphatic heterocycles. The molecule has 0 aromatic rings. The molecule has 0 aliphatic carbocycles. The number of aliphatic carboxylic acids is 2. The van der Waals surface area contributed by atoms with E-state index in [-0.39, 0.29) is 24.0 Å². The first kappa shape index (κ1) is 23.8. The van der Waals surface area contributed by atoms with Gasteiger partial charge in [-0.1, -0.05) is 13.3 Å². The number of nitrogens with one attached hydrogen (secondary N) is 2. The average Bonchev–Trinajstić information content (AvgIpc) is 2.38. The first-order chi connectivity index (χ1) is 11.4. The fraction of sp³-hybridized carbons (Fsp3) is 0.846. The molecule has 0 aromatic heterocycles. The normalized spacial score (nSPS) is 18.4. The van der Waals surface area contributed by atoms with Gasteiger partial charge in [-0.3, -0.25) is 9.59 Å². The van der Waals surface area contributed by atoms with E-state index in [0.717, 1.165) is 19.2 Å². The van der Waals surface area contributed by atoms with Crippen molar-refractivity contribution in [1.82, 2.24) is 10.0 Å². The van der Waals surface area contributed by atoms with Gasteiger partial charge in [-0.05, 0) is 25.8 Å². The molecule has 1 fully saturated rings. The molecule has 2 atom stereocenters. The molecule has 1 aliphatic rings. The zero-order valence-corrected chi connectivity index (χ0v) is 15.9. The summed E-state index contributed by atoms with van der Waals surface area (Å²) in [6.07, 6.45) is 2.57. The van der Waals surface area contributed by atoms with E-state index >= 15 is 0 Å². The summed E-state index contributed by atoms with van der Waals surface area (Å²) in [6, 6.07) is -1.65. The van der Waals surface area contributed by atoms with Gasteiger partial charge in [0.15, 0.2) is 0 Å². The summed E-state index contributed by atoms with van der Waals surface area (Å²) < 4.78 is 46.9. The minimum absolute atomic E-state index is 0.161. The maximum absolute atomic E-state index is 11.5. The maximum atomic E-state index is 11.5. The van der Waals surface area contributed by atoms with Crippen LogP contribution in [0.1, 0.15) is 32.6 Å². The Balaban J connectivity index is 0.000000676. The topological polar surface area (TPSA) is 167 Å². The van der Waals surface area contributed by atoms with Gasteiger partial charge in [0.05, 0.1) is 11.5 Å². The van der Waals surface area contributed by atoms with Gasteiger partial charge in [0.1, 0.15) is 21.9 Å². The van der Waals surface area contributed by atoms with Crippen molar-refractivity contribution in [3.8, 4) is 0 Å². The highest BCUT2D eigenvalue weighted by Crippen LogP contribution is 2.02. The molecule has 0 bridgehead atoms. The highest BCUT2D eigenvalue weighted by atomic mass is 32.2. The van der Waals surface area contributed by atoms with Crippen LogP contribution in [0.4, 0.5) is 0 Å². The Labute approximate surface area is 148 Å². The predicted molar refractivity (Wildman–Crippen MR) is 91.6 cm³/mol. The molecule has 0 saturated carbocycles. The van der Waals surface area contributed by atoms with Crippen molar-refractivity contribution < 1.29 is 36.6 Å². The number of hydrogen-bond acceptors (Lipinski definition) is 7. The van der Waals surface area contributed by atoms with E-state index in [9.17, 15) is 26.4 Å². The van der Waals surface area contributed by atoms with Crippen LogP contribution in [-0.4, -0.2) is 75.4 Å².